The molecule has 11 heteroatoms. The van der Waals surface area contributed by atoms with Gasteiger partial charge in [0.15, 0.2) is 0 Å². The van der Waals surface area contributed by atoms with Gasteiger partial charge in [-0.2, -0.15) is 0 Å². The monoisotopic (exact) mass is 536 g/mol. The zero-order chi connectivity index (χ0) is 27.9. The Bertz CT molecular complexity index is 1310. The summed E-state index contributed by atoms with van der Waals surface area (Å²) in [6.07, 6.45) is 4.62. The molecule has 1 N–H and O–H groups in total. The number of aliphatic hydroxyl groups is 1. The van der Waals surface area contributed by atoms with Crippen LogP contribution in [0.1, 0.15) is 26.2 Å². The average molecular weight is 537 g/mol. The molecule has 0 aliphatic carbocycles. The van der Waals surface area contributed by atoms with Gasteiger partial charge in [-0.25, -0.2) is 4.68 Å². The number of ether oxygens (including phenoxy) is 1. The van der Waals surface area contributed by atoms with Gasteiger partial charge < -0.3 is 24.5 Å². The van der Waals surface area contributed by atoms with Crippen molar-refractivity contribution in [1.82, 2.24) is 29.7 Å². The van der Waals surface area contributed by atoms with E-state index in [1.807, 2.05) is 31.2 Å². The van der Waals surface area contributed by atoms with Gasteiger partial charge in [-0.1, -0.05) is 29.5 Å². The van der Waals surface area contributed by atoms with Crippen LogP contribution in [-0.4, -0.2) is 103 Å². The highest BCUT2D eigenvalue weighted by Crippen LogP contribution is 2.63. The lowest BCUT2D eigenvalue weighted by molar-refractivity contribution is -0.154. The van der Waals surface area contributed by atoms with E-state index in [-0.39, 0.29) is 44.1 Å². The predicted octanol–water partition coefficient (Wildman–Crippen LogP) is 1.19. The summed E-state index contributed by atoms with van der Waals surface area (Å²) < 4.78 is 8.32. The molecule has 1 spiro atoms. The number of carbonyl (C=O) groups excluding carboxylic acids is 3. The van der Waals surface area contributed by atoms with Crippen molar-refractivity contribution in [3.63, 3.8) is 0 Å². The minimum absolute atomic E-state index is 0.104. The molecular formula is C28H36N6O5. The molecule has 11 nitrogen and oxygen atoms in total. The molecule has 1 aromatic heterocycles. The van der Waals surface area contributed by atoms with Gasteiger partial charge >= 0.3 is 0 Å². The molecular weight excluding hydrogens is 500 g/mol. The van der Waals surface area contributed by atoms with Crippen LogP contribution in [-0.2, 0) is 25.8 Å². The second-order valence-electron chi connectivity index (χ2n) is 10.9. The summed E-state index contributed by atoms with van der Waals surface area (Å²) in [5.41, 5.74) is -0.521. The van der Waals surface area contributed by atoms with Crippen molar-refractivity contribution in [1.29, 1.82) is 0 Å². The van der Waals surface area contributed by atoms with Crippen molar-refractivity contribution in [3.05, 3.63) is 49.6 Å². The van der Waals surface area contributed by atoms with Crippen LogP contribution >= 0.6 is 0 Å². The molecule has 0 radical (unpaired) electrons. The summed E-state index contributed by atoms with van der Waals surface area (Å²) in [5.74, 6) is -2.28. The highest BCUT2D eigenvalue weighted by molar-refractivity contribution is 5.99. The molecule has 2 aromatic rings. The van der Waals surface area contributed by atoms with Gasteiger partial charge in [0.1, 0.15) is 23.8 Å². The van der Waals surface area contributed by atoms with E-state index in [2.05, 4.69) is 23.5 Å². The van der Waals surface area contributed by atoms with E-state index in [0.717, 1.165) is 5.52 Å². The zero-order valence-corrected chi connectivity index (χ0v) is 22.5. The summed E-state index contributed by atoms with van der Waals surface area (Å²) in [6.45, 7) is 10.2. The summed E-state index contributed by atoms with van der Waals surface area (Å²) in [4.78, 5) is 46.8. The van der Waals surface area contributed by atoms with Crippen molar-refractivity contribution in [3.8, 4) is 0 Å². The molecule has 5 atom stereocenters. The fourth-order valence-electron chi connectivity index (χ4n) is 6.81. The number of fused-ring (bicyclic) bond motifs is 2. The smallest absolute Gasteiger partial charge is 0.250 e. The third-order valence-electron chi connectivity index (χ3n) is 8.50. The predicted molar refractivity (Wildman–Crippen MR) is 143 cm³/mol. The molecule has 3 fully saturated rings. The number of likely N-dealkylation sites (tertiary alicyclic amines) is 1. The number of benzene rings is 1. The van der Waals surface area contributed by atoms with Crippen molar-refractivity contribution in [2.45, 2.75) is 50.1 Å². The minimum Gasteiger partial charge on any atom is -0.396 e. The number of aliphatic hydroxyl groups excluding tert-OH is 1. The molecule has 2 unspecified atom stereocenters. The second-order valence-corrected chi connectivity index (χ2v) is 10.9. The van der Waals surface area contributed by atoms with Crippen molar-refractivity contribution < 1.29 is 24.2 Å². The Hall–Kier alpha value is -3.57. The van der Waals surface area contributed by atoms with Crippen LogP contribution in [0.2, 0.25) is 0 Å². The molecule has 2 bridgehead atoms. The normalized spacial score (nSPS) is 29.1. The zero-order valence-electron chi connectivity index (χ0n) is 22.5. The van der Waals surface area contributed by atoms with Crippen LogP contribution in [0.3, 0.4) is 0 Å². The summed E-state index contributed by atoms with van der Waals surface area (Å²) >= 11 is 0. The van der Waals surface area contributed by atoms with E-state index >= 15 is 0 Å². The highest BCUT2D eigenvalue weighted by Gasteiger charge is 2.78. The molecule has 39 heavy (non-hydrogen) atoms. The van der Waals surface area contributed by atoms with E-state index < -0.39 is 29.1 Å². The quantitative estimate of drug-likeness (QED) is 0.428. The van der Waals surface area contributed by atoms with Crippen LogP contribution in [0, 0.1) is 11.8 Å². The fraction of sp³-hybridized carbons (Fsp3) is 0.536. The number of rotatable bonds is 11. The maximum Gasteiger partial charge on any atom is 0.250 e. The van der Waals surface area contributed by atoms with Gasteiger partial charge in [0, 0.05) is 33.3 Å². The SMILES string of the molecule is C=CCN(C)C(=O)[C@H]1[C@H]2C(=O)N(CCCO)C(C(=O)N(CC=C)Cn3nnc4ccccc43)C23CC[C@]1(C)O3. The second kappa shape index (κ2) is 10.2. The Labute approximate surface area is 227 Å². The Morgan fingerprint density at radius 3 is 2.67 bits per heavy atom. The van der Waals surface area contributed by atoms with Gasteiger partial charge in [0.25, 0.3) is 0 Å². The van der Waals surface area contributed by atoms with E-state index in [4.69, 9.17) is 4.74 Å². The summed E-state index contributed by atoms with van der Waals surface area (Å²) in [7, 11) is 1.69. The van der Waals surface area contributed by atoms with Crippen LogP contribution in [0.15, 0.2) is 49.6 Å². The molecule has 0 saturated carbocycles. The number of amides is 3. The Kier molecular flexibility index (Phi) is 7.06. The molecule has 3 aliphatic heterocycles. The van der Waals surface area contributed by atoms with Gasteiger partial charge in [-0.15, -0.1) is 18.3 Å². The lowest BCUT2D eigenvalue weighted by Gasteiger charge is -2.36. The standard InChI is InChI=1S/C28H36N6O5/c1-5-14-31(4)24(36)21-22-25(37)33(16-9-17-35)23(28(22)13-12-27(21,3)39-28)26(38)32(15-6-2)18-34-20-11-8-7-10-19(20)29-30-34/h5-8,10-11,21-23,35H,1-2,9,12-18H2,3-4H3/t21-,22+,23?,27+,28?/m1/s1. The summed E-state index contributed by atoms with van der Waals surface area (Å²) in [5, 5.41) is 18.0. The van der Waals surface area contributed by atoms with Crippen LogP contribution in [0.5, 0.6) is 0 Å². The molecule has 3 aliphatic rings. The average Bonchev–Trinajstić information content (AvgIpc) is 3.62. The minimum atomic E-state index is -1.14. The first-order chi connectivity index (χ1) is 18.7. The maximum absolute atomic E-state index is 14.4. The Morgan fingerprint density at radius 2 is 1.95 bits per heavy atom. The lowest BCUT2D eigenvalue weighted by Crippen LogP contribution is -2.56. The molecule has 5 rings (SSSR count). The fourth-order valence-corrected chi connectivity index (χ4v) is 6.81. The first-order valence-electron chi connectivity index (χ1n) is 13.4. The molecule has 1 aromatic carbocycles. The third-order valence-corrected chi connectivity index (χ3v) is 8.50. The molecule has 208 valence electrons. The van der Waals surface area contributed by atoms with E-state index in [0.29, 0.717) is 31.3 Å². The van der Waals surface area contributed by atoms with Crippen molar-refractivity contribution >= 4 is 28.8 Å². The Balaban J connectivity index is 1.53. The highest BCUT2D eigenvalue weighted by atomic mass is 16.5. The van der Waals surface area contributed by atoms with Gasteiger partial charge in [-0.05, 0) is 38.3 Å². The number of aromatic nitrogens is 3. The van der Waals surface area contributed by atoms with E-state index in [1.54, 1.807) is 33.7 Å². The molecule has 3 amide bonds. The summed E-state index contributed by atoms with van der Waals surface area (Å²) in [6, 6.07) is 6.53. The van der Waals surface area contributed by atoms with Crippen molar-refractivity contribution in [2.75, 3.05) is 33.3 Å². The van der Waals surface area contributed by atoms with Crippen molar-refractivity contribution in [2.24, 2.45) is 11.8 Å². The van der Waals surface area contributed by atoms with E-state index in [1.165, 1.54) is 4.90 Å². The first kappa shape index (κ1) is 27.0. The number of likely N-dealkylation sites (N-methyl/N-ethyl adjacent to an activating group) is 1. The lowest BCUT2D eigenvalue weighted by atomic mass is 9.66. The molecule has 3 saturated heterocycles. The van der Waals surface area contributed by atoms with Crippen LogP contribution in [0.4, 0.5) is 0 Å². The topological polar surface area (TPSA) is 121 Å². The number of hydrogen-bond donors (Lipinski definition) is 1. The third kappa shape index (κ3) is 4.15. The maximum atomic E-state index is 14.4. The largest absolute Gasteiger partial charge is 0.396 e. The molecule has 4 heterocycles. The number of hydrogen-bond acceptors (Lipinski definition) is 7. The van der Waals surface area contributed by atoms with E-state index in [9.17, 15) is 19.5 Å². The first-order valence-corrected chi connectivity index (χ1v) is 13.4. The van der Waals surface area contributed by atoms with Crippen LogP contribution < -0.4 is 0 Å². The van der Waals surface area contributed by atoms with Gasteiger partial charge in [-0.3, -0.25) is 14.4 Å². The number of para-hydroxylation sites is 1. The Morgan fingerprint density at radius 1 is 1.21 bits per heavy atom. The van der Waals surface area contributed by atoms with Gasteiger partial charge in [0.05, 0.1) is 23.0 Å². The van der Waals surface area contributed by atoms with Crippen LogP contribution in [0.25, 0.3) is 11.0 Å². The van der Waals surface area contributed by atoms with Gasteiger partial charge in [0.2, 0.25) is 17.7 Å². The number of carbonyl (C=O) groups is 3. The number of nitrogens with zero attached hydrogens (tertiary/aromatic N) is 6.